The van der Waals surface area contributed by atoms with Gasteiger partial charge >= 0.3 is 12.3 Å². The second-order valence-electron chi connectivity index (χ2n) is 3.55. The van der Waals surface area contributed by atoms with Gasteiger partial charge in [-0.3, -0.25) is 0 Å². The number of carbonyl (C=O) groups is 1. The number of hydrogen-bond acceptors (Lipinski definition) is 3. The molecular weight excluding hydrogens is 208 g/mol. The Labute approximate surface area is 91.0 Å². The first-order valence-electron chi connectivity index (χ1n) is 4.83. The number of benzene rings is 2. The maximum absolute atomic E-state index is 10.7. The summed E-state index contributed by atoms with van der Waals surface area (Å²) in [5.41, 5.74) is 0. The van der Waals surface area contributed by atoms with Crippen LogP contribution in [0.15, 0.2) is 36.4 Å². The second kappa shape index (κ2) is 3.13. The van der Waals surface area contributed by atoms with Crippen molar-refractivity contribution in [2.24, 2.45) is 0 Å². The molecule has 2 aromatic rings. The van der Waals surface area contributed by atoms with Gasteiger partial charge in [-0.15, -0.1) is 0 Å². The summed E-state index contributed by atoms with van der Waals surface area (Å²) in [6.45, 7) is 0. The minimum absolute atomic E-state index is 0.478. The highest BCUT2D eigenvalue weighted by molar-refractivity contribution is 5.87. The maximum atomic E-state index is 10.7. The maximum Gasteiger partial charge on any atom is 0.387 e. The zero-order valence-electron chi connectivity index (χ0n) is 8.21. The molecule has 3 rings (SSSR count). The van der Waals surface area contributed by atoms with Crippen LogP contribution in [0.1, 0.15) is 0 Å². The Morgan fingerprint density at radius 1 is 1.06 bits per heavy atom. The van der Waals surface area contributed by atoms with Crippen LogP contribution in [0.3, 0.4) is 0 Å². The smallest absolute Gasteiger partial charge is 0.387 e. The first-order chi connectivity index (χ1) is 7.74. The van der Waals surface area contributed by atoms with E-state index < -0.39 is 12.3 Å². The predicted octanol–water partition coefficient (Wildman–Crippen LogP) is 2.02. The van der Waals surface area contributed by atoms with E-state index >= 15 is 0 Å². The van der Waals surface area contributed by atoms with Crippen molar-refractivity contribution < 1.29 is 19.4 Å². The fourth-order valence-electron chi connectivity index (χ4n) is 1.74. The lowest BCUT2D eigenvalue weighted by atomic mass is 10.1. The zero-order valence-corrected chi connectivity index (χ0v) is 8.21. The number of rotatable bonds is 1. The van der Waals surface area contributed by atoms with Gasteiger partial charge in [0, 0.05) is 0 Å². The van der Waals surface area contributed by atoms with Gasteiger partial charge in [-0.1, -0.05) is 24.3 Å². The first kappa shape index (κ1) is 9.03. The van der Waals surface area contributed by atoms with E-state index in [9.17, 15) is 4.79 Å². The van der Waals surface area contributed by atoms with Gasteiger partial charge in [0.05, 0.1) is 0 Å². The molecule has 0 fully saturated rings. The molecule has 1 N–H and O–H groups in total. The van der Waals surface area contributed by atoms with E-state index in [2.05, 4.69) is 0 Å². The first-order valence-corrected chi connectivity index (χ1v) is 4.83. The Kier molecular flexibility index (Phi) is 1.77. The topological polar surface area (TPSA) is 55.8 Å². The van der Waals surface area contributed by atoms with Crippen molar-refractivity contribution in [2.75, 3.05) is 0 Å². The minimum Gasteiger partial charge on any atom is -0.476 e. The average molecular weight is 216 g/mol. The highest BCUT2D eigenvalue weighted by atomic mass is 16.7. The number of hydrogen-bond donors (Lipinski definition) is 1. The molecule has 0 bridgehead atoms. The number of carboxylic acid groups (broad SMARTS) is 1. The molecule has 0 atom stereocenters. The van der Waals surface area contributed by atoms with Crippen LogP contribution in [0.25, 0.3) is 10.8 Å². The standard InChI is InChI=1S/C12H8O4/c13-11(14)12-15-9-5-7-3-1-2-4-8(7)6-10(9)16-12/h1-6,12H,(H,13,14). The molecule has 80 valence electrons. The average Bonchev–Trinajstić information content (AvgIpc) is 2.68. The lowest BCUT2D eigenvalue weighted by Crippen LogP contribution is -2.28. The van der Waals surface area contributed by atoms with Gasteiger partial charge < -0.3 is 14.6 Å². The van der Waals surface area contributed by atoms with E-state index in [-0.39, 0.29) is 0 Å². The van der Waals surface area contributed by atoms with Gasteiger partial charge in [-0.05, 0) is 22.9 Å². The third-order valence-corrected chi connectivity index (χ3v) is 2.48. The van der Waals surface area contributed by atoms with Crippen LogP contribution in [-0.4, -0.2) is 17.4 Å². The summed E-state index contributed by atoms with van der Waals surface area (Å²) in [5, 5.41) is 10.8. The third-order valence-electron chi connectivity index (χ3n) is 2.48. The van der Waals surface area contributed by atoms with Crippen LogP contribution in [0.2, 0.25) is 0 Å². The van der Waals surface area contributed by atoms with Crippen molar-refractivity contribution >= 4 is 16.7 Å². The Hall–Kier alpha value is -2.23. The quantitative estimate of drug-likeness (QED) is 0.792. The molecule has 0 saturated carbocycles. The molecule has 16 heavy (non-hydrogen) atoms. The summed E-state index contributed by atoms with van der Waals surface area (Å²) in [5.74, 6) is -0.169. The lowest BCUT2D eigenvalue weighted by molar-refractivity contribution is -0.154. The Bertz CT molecular complexity index is 532. The van der Waals surface area contributed by atoms with E-state index in [0.717, 1.165) is 10.8 Å². The molecule has 1 aliphatic rings. The van der Waals surface area contributed by atoms with Crippen LogP contribution in [0, 0.1) is 0 Å². The molecule has 4 nitrogen and oxygen atoms in total. The lowest BCUT2D eigenvalue weighted by Gasteiger charge is -2.02. The molecule has 0 saturated heterocycles. The summed E-state index contributed by atoms with van der Waals surface area (Å²) < 4.78 is 10.3. The third kappa shape index (κ3) is 1.27. The summed E-state index contributed by atoms with van der Waals surface area (Å²) in [7, 11) is 0. The number of ether oxygens (including phenoxy) is 2. The zero-order chi connectivity index (χ0) is 11.1. The van der Waals surface area contributed by atoms with Crippen LogP contribution < -0.4 is 9.47 Å². The van der Waals surface area contributed by atoms with Gasteiger partial charge in [0.2, 0.25) is 0 Å². The largest absolute Gasteiger partial charge is 0.476 e. The van der Waals surface area contributed by atoms with Gasteiger partial charge in [0.1, 0.15) is 0 Å². The molecule has 0 amide bonds. The molecule has 4 heteroatoms. The molecule has 2 aromatic carbocycles. The van der Waals surface area contributed by atoms with E-state index in [1.165, 1.54) is 0 Å². The van der Waals surface area contributed by atoms with Crippen molar-refractivity contribution in [3.63, 3.8) is 0 Å². The van der Waals surface area contributed by atoms with Crippen molar-refractivity contribution in [2.45, 2.75) is 6.29 Å². The highest BCUT2D eigenvalue weighted by Gasteiger charge is 2.30. The molecule has 0 aliphatic carbocycles. The van der Waals surface area contributed by atoms with Crippen LogP contribution in [0.5, 0.6) is 11.5 Å². The summed E-state index contributed by atoms with van der Waals surface area (Å²) in [6.07, 6.45) is -1.23. The van der Waals surface area contributed by atoms with Gasteiger partial charge in [0.25, 0.3) is 0 Å². The highest BCUT2D eigenvalue weighted by Crippen LogP contribution is 2.38. The summed E-state index contributed by atoms with van der Waals surface area (Å²) >= 11 is 0. The van der Waals surface area contributed by atoms with Crippen molar-refractivity contribution in [3.05, 3.63) is 36.4 Å². The van der Waals surface area contributed by atoms with Crippen LogP contribution >= 0.6 is 0 Å². The molecular formula is C12H8O4. The van der Waals surface area contributed by atoms with E-state index in [1.807, 2.05) is 24.3 Å². The fraction of sp³-hybridized carbons (Fsp3) is 0.0833. The number of fused-ring (bicyclic) bond motifs is 2. The molecule has 0 spiro atoms. The monoisotopic (exact) mass is 216 g/mol. The Morgan fingerprint density at radius 2 is 1.56 bits per heavy atom. The molecule has 0 radical (unpaired) electrons. The van der Waals surface area contributed by atoms with Crippen molar-refractivity contribution in [1.29, 1.82) is 0 Å². The fourth-order valence-corrected chi connectivity index (χ4v) is 1.74. The number of aliphatic carboxylic acids is 1. The Balaban J connectivity index is 2.11. The van der Waals surface area contributed by atoms with Crippen LogP contribution in [0.4, 0.5) is 0 Å². The molecule has 1 heterocycles. The van der Waals surface area contributed by atoms with E-state index in [1.54, 1.807) is 12.1 Å². The van der Waals surface area contributed by atoms with E-state index in [4.69, 9.17) is 14.6 Å². The van der Waals surface area contributed by atoms with Crippen LogP contribution in [-0.2, 0) is 4.79 Å². The van der Waals surface area contributed by atoms with Crippen molar-refractivity contribution in [1.82, 2.24) is 0 Å². The SMILES string of the molecule is O=C(O)C1Oc2cc3ccccc3cc2O1. The Morgan fingerprint density at radius 3 is 2.00 bits per heavy atom. The number of carboxylic acids is 1. The molecule has 0 aromatic heterocycles. The van der Waals surface area contributed by atoms with Gasteiger partial charge in [0.15, 0.2) is 11.5 Å². The normalized spacial score (nSPS) is 14.2. The van der Waals surface area contributed by atoms with Crippen molar-refractivity contribution in [3.8, 4) is 11.5 Å². The minimum atomic E-state index is -1.23. The van der Waals surface area contributed by atoms with E-state index in [0.29, 0.717) is 11.5 Å². The summed E-state index contributed by atoms with van der Waals surface area (Å²) in [6, 6.07) is 11.3. The predicted molar refractivity (Wildman–Crippen MR) is 56.6 cm³/mol. The molecule has 0 unspecified atom stereocenters. The summed E-state index contributed by atoms with van der Waals surface area (Å²) in [4.78, 5) is 10.7. The van der Waals surface area contributed by atoms with Gasteiger partial charge in [-0.2, -0.15) is 0 Å². The molecule has 1 aliphatic heterocycles. The van der Waals surface area contributed by atoms with Gasteiger partial charge in [-0.25, -0.2) is 4.79 Å². The second-order valence-corrected chi connectivity index (χ2v) is 3.55.